The number of hydrazine groups is 1. The first-order chi connectivity index (χ1) is 12.8. The molecule has 1 amide bonds. The predicted molar refractivity (Wildman–Crippen MR) is 96.1 cm³/mol. The van der Waals surface area contributed by atoms with E-state index in [9.17, 15) is 22.8 Å². The van der Waals surface area contributed by atoms with Crippen molar-refractivity contribution in [1.29, 1.82) is 0 Å². The Morgan fingerprint density at radius 1 is 1.22 bits per heavy atom. The van der Waals surface area contributed by atoms with Crippen LogP contribution in [-0.2, 0) is 11.3 Å². The smallest absolute Gasteiger partial charge is 0.262 e. The van der Waals surface area contributed by atoms with Crippen molar-refractivity contribution >= 4 is 33.1 Å². The summed E-state index contributed by atoms with van der Waals surface area (Å²) in [6.07, 6.45) is 1.27. The number of amides is 1. The standard InChI is InChI=1S/C17H15F3N4O2S/c1-8-9(2)27-16-13(8)17(26)24(7-21-16)6-5-12(25)23-22-11-4-3-10(18)14(19)15(11)20/h3-4,7,22H,5-6H2,1-2H3,(H,23,25). The summed E-state index contributed by atoms with van der Waals surface area (Å²) >= 11 is 1.43. The molecule has 2 N–H and O–H groups in total. The van der Waals surface area contributed by atoms with Gasteiger partial charge in [0.25, 0.3) is 5.56 Å². The van der Waals surface area contributed by atoms with Crippen molar-refractivity contribution in [2.45, 2.75) is 26.8 Å². The summed E-state index contributed by atoms with van der Waals surface area (Å²) in [6, 6.07) is 1.69. The van der Waals surface area contributed by atoms with Crippen molar-refractivity contribution in [2.75, 3.05) is 5.43 Å². The summed E-state index contributed by atoms with van der Waals surface area (Å²) in [5, 5.41) is 0.530. The topological polar surface area (TPSA) is 76.0 Å². The molecule has 0 spiro atoms. The molecule has 2 aromatic heterocycles. The van der Waals surface area contributed by atoms with Gasteiger partial charge in [-0.2, -0.15) is 0 Å². The van der Waals surface area contributed by atoms with Crippen LogP contribution in [0.1, 0.15) is 16.9 Å². The molecule has 142 valence electrons. The lowest BCUT2D eigenvalue weighted by molar-refractivity contribution is -0.120. The molecule has 10 heteroatoms. The van der Waals surface area contributed by atoms with E-state index in [0.29, 0.717) is 10.2 Å². The largest absolute Gasteiger partial charge is 0.298 e. The van der Waals surface area contributed by atoms with Crippen LogP contribution in [0.25, 0.3) is 10.2 Å². The zero-order valence-electron chi connectivity index (χ0n) is 14.4. The summed E-state index contributed by atoms with van der Waals surface area (Å²) in [6.45, 7) is 3.81. The third kappa shape index (κ3) is 3.65. The number of aromatic nitrogens is 2. The molecule has 3 rings (SSSR count). The molecule has 0 saturated carbocycles. The van der Waals surface area contributed by atoms with Crippen LogP contribution in [0.5, 0.6) is 0 Å². The molecule has 6 nitrogen and oxygen atoms in total. The highest BCUT2D eigenvalue weighted by molar-refractivity contribution is 7.18. The fourth-order valence-corrected chi connectivity index (χ4v) is 3.46. The van der Waals surface area contributed by atoms with Gasteiger partial charge in [-0.3, -0.25) is 25.0 Å². The van der Waals surface area contributed by atoms with Gasteiger partial charge in [-0.1, -0.05) is 0 Å². The van der Waals surface area contributed by atoms with E-state index in [1.165, 1.54) is 22.2 Å². The number of nitrogens with one attached hydrogen (secondary N) is 2. The number of thiophene rings is 1. The lowest BCUT2D eigenvalue weighted by Crippen LogP contribution is -2.32. The first-order valence-corrected chi connectivity index (χ1v) is 8.74. The van der Waals surface area contributed by atoms with Crippen LogP contribution in [0.15, 0.2) is 23.3 Å². The number of carbonyl (C=O) groups is 1. The molecule has 0 aliphatic heterocycles. The molecule has 0 fully saturated rings. The first kappa shape index (κ1) is 18.9. The van der Waals surface area contributed by atoms with Gasteiger partial charge in [0, 0.05) is 17.8 Å². The number of benzene rings is 1. The number of hydrogen-bond acceptors (Lipinski definition) is 5. The number of hydrogen-bond donors (Lipinski definition) is 2. The van der Waals surface area contributed by atoms with Crippen molar-refractivity contribution in [2.24, 2.45) is 0 Å². The highest BCUT2D eigenvalue weighted by Gasteiger charge is 2.15. The lowest BCUT2D eigenvalue weighted by Gasteiger charge is -2.10. The van der Waals surface area contributed by atoms with E-state index >= 15 is 0 Å². The lowest BCUT2D eigenvalue weighted by atomic mass is 10.2. The monoisotopic (exact) mass is 396 g/mol. The van der Waals surface area contributed by atoms with Crippen molar-refractivity contribution in [3.63, 3.8) is 0 Å². The van der Waals surface area contributed by atoms with Gasteiger partial charge in [-0.15, -0.1) is 11.3 Å². The van der Waals surface area contributed by atoms with E-state index in [1.54, 1.807) is 0 Å². The molecule has 3 aromatic rings. The Morgan fingerprint density at radius 3 is 2.70 bits per heavy atom. The average molecular weight is 396 g/mol. The third-order valence-electron chi connectivity index (χ3n) is 4.11. The molecule has 0 aliphatic rings. The van der Waals surface area contributed by atoms with Crippen LogP contribution in [0, 0.1) is 31.3 Å². The number of aryl methyl sites for hydroxylation is 3. The maximum absolute atomic E-state index is 13.5. The normalized spacial score (nSPS) is 11.0. The molecular formula is C17H15F3N4O2S. The summed E-state index contributed by atoms with van der Waals surface area (Å²) in [4.78, 5) is 30.3. The van der Waals surface area contributed by atoms with Gasteiger partial charge in [0.2, 0.25) is 5.91 Å². The Kier molecular flexibility index (Phi) is 5.17. The van der Waals surface area contributed by atoms with Gasteiger partial charge in [-0.05, 0) is 31.5 Å². The number of halogens is 3. The molecular weight excluding hydrogens is 381 g/mol. The third-order valence-corrected chi connectivity index (χ3v) is 5.22. The minimum absolute atomic E-state index is 0.0594. The minimum atomic E-state index is -1.64. The summed E-state index contributed by atoms with van der Waals surface area (Å²) < 4.78 is 40.9. The fraction of sp³-hybridized carbons (Fsp3) is 0.235. The quantitative estimate of drug-likeness (QED) is 0.514. The van der Waals surface area contributed by atoms with Crippen LogP contribution in [0.2, 0.25) is 0 Å². The zero-order chi connectivity index (χ0) is 19.7. The zero-order valence-corrected chi connectivity index (χ0v) is 15.2. The molecule has 0 aliphatic carbocycles. The van der Waals surface area contributed by atoms with Gasteiger partial charge in [0.05, 0.1) is 17.4 Å². The molecule has 2 heterocycles. The number of carbonyl (C=O) groups excluding carboxylic acids is 1. The van der Waals surface area contributed by atoms with Crippen LogP contribution in [0.4, 0.5) is 18.9 Å². The van der Waals surface area contributed by atoms with E-state index in [1.807, 2.05) is 13.8 Å². The van der Waals surface area contributed by atoms with Gasteiger partial charge >= 0.3 is 0 Å². The van der Waals surface area contributed by atoms with E-state index in [0.717, 1.165) is 22.6 Å². The molecule has 0 radical (unpaired) electrons. The molecule has 0 unspecified atom stereocenters. The van der Waals surface area contributed by atoms with E-state index in [4.69, 9.17) is 0 Å². The number of anilines is 1. The summed E-state index contributed by atoms with van der Waals surface area (Å²) in [5.74, 6) is -4.97. The molecule has 1 aromatic carbocycles. The van der Waals surface area contributed by atoms with E-state index in [2.05, 4.69) is 15.8 Å². The molecule has 0 atom stereocenters. The number of nitrogens with zero attached hydrogens (tertiary/aromatic N) is 2. The van der Waals surface area contributed by atoms with Crippen LogP contribution in [-0.4, -0.2) is 15.5 Å². The second-order valence-corrected chi connectivity index (χ2v) is 7.06. The second kappa shape index (κ2) is 7.39. The van der Waals surface area contributed by atoms with E-state index < -0.39 is 29.0 Å². The maximum atomic E-state index is 13.5. The van der Waals surface area contributed by atoms with E-state index in [-0.39, 0.29) is 18.5 Å². The van der Waals surface area contributed by atoms with Crippen molar-refractivity contribution in [3.8, 4) is 0 Å². The summed E-state index contributed by atoms with van der Waals surface area (Å²) in [5.41, 5.74) is 4.58. The van der Waals surface area contributed by atoms with Gasteiger partial charge in [-0.25, -0.2) is 18.2 Å². The first-order valence-electron chi connectivity index (χ1n) is 7.93. The predicted octanol–water partition coefficient (Wildman–Crippen LogP) is 3.03. The van der Waals surface area contributed by atoms with Gasteiger partial charge in [0.1, 0.15) is 4.83 Å². The Hall–Kier alpha value is -2.88. The van der Waals surface area contributed by atoms with Gasteiger partial charge < -0.3 is 0 Å². The summed E-state index contributed by atoms with van der Waals surface area (Å²) in [7, 11) is 0. The van der Waals surface area contributed by atoms with Gasteiger partial charge in [0.15, 0.2) is 17.5 Å². The highest BCUT2D eigenvalue weighted by Crippen LogP contribution is 2.25. The SMILES string of the molecule is Cc1sc2ncn(CCC(=O)NNc3ccc(F)c(F)c3F)c(=O)c2c1C. The maximum Gasteiger partial charge on any atom is 0.262 e. The second-order valence-electron chi connectivity index (χ2n) is 5.85. The Morgan fingerprint density at radius 2 is 1.96 bits per heavy atom. The molecule has 0 bridgehead atoms. The highest BCUT2D eigenvalue weighted by atomic mass is 32.1. The Labute approximate surface area is 155 Å². The molecule has 27 heavy (non-hydrogen) atoms. The molecule has 0 saturated heterocycles. The fourth-order valence-electron chi connectivity index (χ4n) is 2.47. The van der Waals surface area contributed by atoms with Crippen LogP contribution < -0.4 is 16.4 Å². The number of rotatable bonds is 5. The van der Waals surface area contributed by atoms with Crippen molar-refractivity contribution < 1.29 is 18.0 Å². The minimum Gasteiger partial charge on any atom is -0.298 e. The van der Waals surface area contributed by atoms with Crippen LogP contribution in [0.3, 0.4) is 0 Å². The average Bonchev–Trinajstić information content (AvgIpc) is 2.93. The number of fused-ring (bicyclic) bond motifs is 1. The van der Waals surface area contributed by atoms with Crippen molar-refractivity contribution in [1.82, 2.24) is 15.0 Å². The Balaban J connectivity index is 1.65. The van der Waals surface area contributed by atoms with Crippen molar-refractivity contribution in [3.05, 3.63) is 56.7 Å². The Bertz CT molecular complexity index is 1090. The van der Waals surface area contributed by atoms with Crippen LogP contribution >= 0.6 is 11.3 Å².